The molecule has 0 fully saturated rings. The van der Waals surface area contributed by atoms with Crippen LogP contribution in [0.4, 0.5) is 5.82 Å². The number of unbranched alkanes of at least 4 members (excludes halogenated alkanes) is 1. The number of benzene rings is 1. The highest BCUT2D eigenvalue weighted by molar-refractivity contribution is 5.84. The molecule has 2 N–H and O–H groups in total. The number of rotatable bonds is 9. The van der Waals surface area contributed by atoms with Crippen LogP contribution < -0.4 is 15.4 Å². The summed E-state index contributed by atoms with van der Waals surface area (Å²) in [5.41, 5.74) is 2.40. The van der Waals surface area contributed by atoms with Crippen LogP contribution in [-0.2, 0) is 11.3 Å². The van der Waals surface area contributed by atoms with Crippen molar-refractivity contribution in [3.05, 3.63) is 48.2 Å². The van der Waals surface area contributed by atoms with Gasteiger partial charge in [0.2, 0.25) is 11.6 Å². The summed E-state index contributed by atoms with van der Waals surface area (Å²) in [4.78, 5) is 16.6. The van der Waals surface area contributed by atoms with E-state index in [4.69, 9.17) is 14.1 Å². The molecule has 0 radical (unpaired) electrons. The van der Waals surface area contributed by atoms with Gasteiger partial charge in [-0.15, -0.1) is 10.2 Å². The van der Waals surface area contributed by atoms with Crippen LogP contribution in [0.1, 0.15) is 30.8 Å². The first-order valence-corrected chi connectivity index (χ1v) is 9.88. The van der Waals surface area contributed by atoms with Crippen LogP contribution >= 0.6 is 0 Å². The number of nitrogens with one attached hydrogen (secondary N) is 2. The van der Waals surface area contributed by atoms with Crippen LogP contribution in [0, 0.1) is 6.92 Å². The van der Waals surface area contributed by atoms with E-state index in [1.54, 1.807) is 19.4 Å². The minimum Gasteiger partial charge on any atom is -0.497 e. The topological polar surface area (TPSA) is 107 Å². The predicted octanol–water partition coefficient (Wildman–Crippen LogP) is 3.09. The fourth-order valence-electron chi connectivity index (χ4n) is 3.31. The third kappa shape index (κ3) is 4.19. The molecule has 1 aromatic carbocycles. The highest BCUT2D eigenvalue weighted by atomic mass is 16.5. The van der Waals surface area contributed by atoms with E-state index in [1.807, 2.05) is 35.6 Å². The first-order chi connectivity index (χ1) is 14.7. The van der Waals surface area contributed by atoms with Crippen molar-refractivity contribution in [2.45, 2.75) is 32.7 Å². The second-order valence-corrected chi connectivity index (χ2v) is 6.96. The van der Waals surface area contributed by atoms with Crippen molar-refractivity contribution in [2.24, 2.45) is 0 Å². The number of carbonyl (C=O) groups excluding carboxylic acids is 1. The second-order valence-electron chi connectivity index (χ2n) is 6.96. The summed E-state index contributed by atoms with van der Waals surface area (Å²) < 4.78 is 12.5. The maximum atomic E-state index is 11.9. The number of carbonyl (C=O) groups is 1. The lowest BCUT2D eigenvalue weighted by molar-refractivity contribution is -0.121. The lowest BCUT2D eigenvalue weighted by Crippen LogP contribution is -2.22. The van der Waals surface area contributed by atoms with Gasteiger partial charge in [-0.1, -0.05) is 0 Å². The number of fused-ring (bicyclic) bond motifs is 3. The van der Waals surface area contributed by atoms with Gasteiger partial charge in [-0.05, 0) is 44.0 Å². The second kappa shape index (κ2) is 8.81. The molecule has 0 aliphatic carbocycles. The molecule has 3 aromatic heterocycles. The van der Waals surface area contributed by atoms with Crippen LogP contribution in [0.3, 0.4) is 0 Å². The Hall–Kier alpha value is -3.62. The highest BCUT2D eigenvalue weighted by Crippen LogP contribution is 2.25. The van der Waals surface area contributed by atoms with Gasteiger partial charge >= 0.3 is 0 Å². The number of hydrogen-bond donors (Lipinski definition) is 2. The number of hydrogen-bond acceptors (Lipinski definition) is 7. The van der Waals surface area contributed by atoms with Gasteiger partial charge in [0, 0.05) is 19.0 Å². The van der Waals surface area contributed by atoms with E-state index < -0.39 is 0 Å². The lowest BCUT2D eigenvalue weighted by atomic mass is 10.2. The first kappa shape index (κ1) is 19.7. The Kier molecular flexibility index (Phi) is 5.78. The number of anilines is 1. The largest absolute Gasteiger partial charge is 0.497 e. The Bertz CT molecular complexity index is 1150. The fraction of sp³-hybridized carbons (Fsp3) is 0.333. The van der Waals surface area contributed by atoms with E-state index in [9.17, 15) is 4.79 Å². The number of methoxy groups -OCH3 is 1. The molecule has 0 atom stereocenters. The monoisotopic (exact) mass is 408 g/mol. The SMILES string of the molecule is COc1ccc2c(c1)nc(NCCCCC(=O)NCc1ccco1)c1nnc(C)n12. The average molecular weight is 408 g/mol. The molecule has 0 saturated carbocycles. The average Bonchev–Trinajstić information content (AvgIpc) is 3.41. The molecule has 4 aromatic rings. The molecule has 30 heavy (non-hydrogen) atoms. The number of ether oxygens (including phenoxy) is 1. The Morgan fingerprint density at radius 1 is 1.23 bits per heavy atom. The molecule has 0 bridgehead atoms. The number of nitrogens with zero attached hydrogens (tertiary/aromatic N) is 4. The van der Waals surface area contributed by atoms with Crippen molar-refractivity contribution in [1.29, 1.82) is 0 Å². The van der Waals surface area contributed by atoms with E-state index in [0.29, 0.717) is 31.0 Å². The van der Waals surface area contributed by atoms with Crippen LogP contribution in [0.15, 0.2) is 41.0 Å². The quantitative estimate of drug-likeness (QED) is 0.410. The summed E-state index contributed by atoms with van der Waals surface area (Å²) in [7, 11) is 1.63. The van der Waals surface area contributed by atoms with Gasteiger partial charge in [0.25, 0.3) is 0 Å². The molecule has 9 heteroatoms. The Morgan fingerprint density at radius 2 is 2.13 bits per heavy atom. The molecule has 0 spiro atoms. The summed E-state index contributed by atoms with van der Waals surface area (Å²) in [5, 5.41) is 14.7. The van der Waals surface area contributed by atoms with E-state index in [2.05, 4.69) is 20.8 Å². The molecule has 156 valence electrons. The van der Waals surface area contributed by atoms with Gasteiger partial charge in [-0.25, -0.2) is 4.98 Å². The highest BCUT2D eigenvalue weighted by Gasteiger charge is 2.13. The third-order valence-electron chi connectivity index (χ3n) is 4.86. The third-order valence-corrected chi connectivity index (χ3v) is 4.86. The van der Waals surface area contributed by atoms with Crippen LogP contribution in [0.5, 0.6) is 5.75 Å². The van der Waals surface area contributed by atoms with Crippen molar-refractivity contribution in [3.63, 3.8) is 0 Å². The number of amides is 1. The van der Waals surface area contributed by atoms with E-state index in [0.717, 1.165) is 41.2 Å². The lowest BCUT2D eigenvalue weighted by Gasteiger charge is -2.10. The van der Waals surface area contributed by atoms with Crippen molar-refractivity contribution in [1.82, 2.24) is 24.9 Å². The van der Waals surface area contributed by atoms with Crippen molar-refractivity contribution >= 4 is 28.4 Å². The van der Waals surface area contributed by atoms with E-state index in [-0.39, 0.29) is 5.91 Å². The first-order valence-electron chi connectivity index (χ1n) is 9.88. The Morgan fingerprint density at radius 3 is 2.93 bits per heavy atom. The summed E-state index contributed by atoms with van der Waals surface area (Å²) >= 11 is 0. The molecule has 0 aliphatic heterocycles. The van der Waals surface area contributed by atoms with Crippen molar-refractivity contribution in [2.75, 3.05) is 19.0 Å². The fourth-order valence-corrected chi connectivity index (χ4v) is 3.31. The normalized spacial score (nSPS) is 11.1. The molecule has 0 unspecified atom stereocenters. The molecule has 4 rings (SSSR count). The minimum absolute atomic E-state index is 0.0118. The Balaban J connectivity index is 1.36. The molecular weight excluding hydrogens is 384 g/mol. The summed E-state index contributed by atoms with van der Waals surface area (Å²) in [5.74, 6) is 2.96. The van der Waals surface area contributed by atoms with Crippen LogP contribution in [-0.4, -0.2) is 39.1 Å². The van der Waals surface area contributed by atoms with Gasteiger partial charge in [0.15, 0.2) is 5.82 Å². The molecule has 3 heterocycles. The maximum Gasteiger partial charge on any atom is 0.220 e. The number of furan rings is 1. The molecule has 9 nitrogen and oxygen atoms in total. The van der Waals surface area contributed by atoms with Crippen LogP contribution in [0.25, 0.3) is 16.7 Å². The summed E-state index contributed by atoms with van der Waals surface area (Å²) in [6.45, 7) is 3.00. The Labute approximate surface area is 173 Å². The maximum absolute atomic E-state index is 11.9. The van der Waals surface area contributed by atoms with Crippen molar-refractivity contribution in [3.8, 4) is 5.75 Å². The van der Waals surface area contributed by atoms with Gasteiger partial charge in [0.1, 0.15) is 17.3 Å². The zero-order chi connectivity index (χ0) is 20.9. The van der Waals surface area contributed by atoms with Crippen molar-refractivity contribution < 1.29 is 13.9 Å². The van der Waals surface area contributed by atoms with Gasteiger partial charge in [0.05, 0.1) is 31.0 Å². The molecule has 0 saturated heterocycles. The smallest absolute Gasteiger partial charge is 0.220 e. The summed E-state index contributed by atoms with van der Waals surface area (Å²) in [6.07, 6.45) is 3.65. The van der Waals surface area contributed by atoms with Gasteiger partial charge in [-0.2, -0.15) is 0 Å². The number of aryl methyl sites for hydroxylation is 1. The molecule has 1 amide bonds. The van der Waals surface area contributed by atoms with Gasteiger partial charge in [-0.3, -0.25) is 9.20 Å². The van der Waals surface area contributed by atoms with E-state index >= 15 is 0 Å². The standard InChI is InChI=1S/C21H24N6O3/c1-14-25-26-21-20(24-17-12-15(29-2)8-9-18(17)27(14)21)22-10-4-3-7-19(28)23-13-16-6-5-11-30-16/h5-6,8-9,11-12H,3-4,7,10,13H2,1-2H3,(H,22,24)(H,23,28). The summed E-state index contributed by atoms with van der Waals surface area (Å²) in [6, 6.07) is 9.38. The van der Waals surface area contributed by atoms with E-state index in [1.165, 1.54) is 0 Å². The molecule has 0 aliphatic rings. The van der Waals surface area contributed by atoms with Gasteiger partial charge < -0.3 is 19.8 Å². The van der Waals surface area contributed by atoms with Crippen LogP contribution in [0.2, 0.25) is 0 Å². The molecular formula is C21H24N6O3. The zero-order valence-corrected chi connectivity index (χ0v) is 17.0. The minimum atomic E-state index is 0.0118. The number of aromatic nitrogens is 4. The zero-order valence-electron chi connectivity index (χ0n) is 17.0. The predicted molar refractivity (Wildman–Crippen MR) is 112 cm³/mol.